The zero-order valence-electron chi connectivity index (χ0n) is 10.1. The first kappa shape index (κ1) is 13.9. The number of thiocarbonyl (C=S) groups is 1. The fraction of sp³-hybridized carbons (Fsp3) is 0.500. The molecule has 0 bridgehead atoms. The van der Waals surface area contributed by atoms with Gasteiger partial charge in [0.05, 0.1) is 24.2 Å². The maximum Gasteiger partial charge on any atom is 0.122 e. The standard InChI is InChI=1S/C12H19N3OS/c1-2-3-6-15(7-8-16)10-4-5-11(12(13)17)14-9-10/h4-5,9,16H,2-3,6-8H2,1H3,(H2,13,17). The minimum atomic E-state index is 0.140. The van der Waals surface area contributed by atoms with E-state index in [0.717, 1.165) is 25.1 Å². The van der Waals surface area contributed by atoms with Gasteiger partial charge in [0.15, 0.2) is 0 Å². The summed E-state index contributed by atoms with van der Waals surface area (Å²) >= 11 is 4.85. The van der Waals surface area contributed by atoms with E-state index in [0.29, 0.717) is 17.2 Å². The van der Waals surface area contributed by atoms with Gasteiger partial charge in [-0.1, -0.05) is 25.6 Å². The quantitative estimate of drug-likeness (QED) is 0.718. The highest BCUT2D eigenvalue weighted by molar-refractivity contribution is 7.80. The molecule has 17 heavy (non-hydrogen) atoms. The van der Waals surface area contributed by atoms with E-state index in [2.05, 4.69) is 16.8 Å². The molecule has 0 saturated carbocycles. The number of rotatable bonds is 7. The van der Waals surface area contributed by atoms with E-state index in [9.17, 15) is 0 Å². The average Bonchev–Trinajstić information content (AvgIpc) is 2.34. The third kappa shape index (κ3) is 4.28. The molecule has 0 amide bonds. The third-order valence-electron chi connectivity index (χ3n) is 2.52. The second-order valence-electron chi connectivity index (χ2n) is 3.83. The molecule has 0 spiro atoms. The second kappa shape index (κ2) is 7.19. The highest BCUT2D eigenvalue weighted by Gasteiger charge is 2.06. The highest BCUT2D eigenvalue weighted by atomic mass is 32.1. The number of nitrogens with zero attached hydrogens (tertiary/aromatic N) is 2. The lowest BCUT2D eigenvalue weighted by molar-refractivity contribution is 0.301. The molecule has 3 N–H and O–H groups in total. The SMILES string of the molecule is CCCCN(CCO)c1ccc(C(N)=S)nc1. The molecule has 5 heteroatoms. The maximum atomic E-state index is 9.04. The lowest BCUT2D eigenvalue weighted by Crippen LogP contribution is -2.28. The van der Waals surface area contributed by atoms with E-state index in [1.165, 1.54) is 0 Å². The Morgan fingerprint density at radius 2 is 2.24 bits per heavy atom. The predicted octanol–water partition coefficient (Wildman–Crippen LogP) is 1.31. The molecule has 0 saturated heterocycles. The van der Waals surface area contributed by atoms with Crippen molar-refractivity contribution >= 4 is 22.9 Å². The van der Waals surface area contributed by atoms with Crippen LogP contribution < -0.4 is 10.6 Å². The maximum absolute atomic E-state index is 9.04. The molecular weight excluding hydrogens is 234 g/mol. The fourth-order valence-corrected chi connectivity index (χ4v) is 1.68. The van der Waals surface area contributed by atoms with Gasteiger partial charge in [-0.3, -0.25) is 4.98 Å². The van der Waals surface area contributed by atoms with Crippen LogP contribution in [0.2, 0.25) is 0 Å². The van der Waals surface area contributed by atoms with Crippen LogP contribution in [0.15, 0.2) is 18.3 Å². The summed E-state index contributed by atoms with van der Waals surface area (Å²) in [5.41, 5.74) is 7.12. The van der Waals surface area contributed by atoms with Gasteiger partial charge in [-0.05, 0) is 18.6 Å². The Balaban J connectivity index is 2.75. The minimum Gasteiger partial charge on any atom is -0.395 e. The Morgan fingerprint density at radius 3 is 2.71 bits per heavy atom. The molecule has 0 radical (unpaired) electrons. The van der Waals surface area contributed by atoms with E-state index >= 15 is 0 Å². The molecule has 1 rings (SSSR count). The van der Waals surface area contributed by atoms with E-state index < -0.39 is 0 Å². The average molecular weight is 253 g/mol. The molecule has 0 aliphatic rings. The van der Waals surface area contributed by atoms with Crippen LogP contribution >= 0.6 is 12.2 Å². The van der Waals surface area contributed by atoms with Gasteiger partial charge < -0.3 is 15.7 Å². The number of hydrogen-bond donors (Lipinski definition) is 2. The summed E-state index contributed by atoms with van der Waals surface area (Å²) < 4.78 is 0. The molecular formula is C12H19N3OS. The normalized spacial score (nSPS) is 10.2. The van der Waals surface area contributed by atoms with Crippen molar-refractivity contribution in [1.29, 1.82) is 0 Å². The number of unbranched alkanes of at least 4 members (excludes halogenated alkanes) is 1. The number of aliphatic hydroxyl groups excluding tert-OH is 1. The van der Waals surface area contributed by atoms with Crippen LogP contribution in [0.4, 0.5) is 5.69 Å². The second-order valence-corrected chi connectivity index (χ2v) is 4.27. The van der Waals surface area contributed by atoms with Crippen LogP contribution in [-0.4, -0.2) is 34.8 Å². The molecule has 0 aromatic carbocycles. The van der Waals surface area contributed by atoms with Gasteiger partial charge in [0.25, 0.3) is 0 Å². The number of aliphatic hydroxyl groups is 1. The lowest BCUT2D eigenvalue weighted by atomic mass is 10.2. The summed E-state index contributed by atoms with van der Waals surface area (Å²) in [5, 5.41) is 9.04. The molecule has 94 valence electrons. The topological polar surface area (TPSA) is 62.4 Å². The van der Waals surface area contributed by atoms with Crippen molar-refractivity contribution in [3.8, 4) is 0 Å². The molecule has 0 unspecified atom stereocenters. The van der Waals surface area contributed by atoms with E-state index in [1.54, 1.807) is 6.20 Å². The van der Waals surface area contributed by atoms with Gasteiger partial charge >= 0.3 is 0 Å². The molecule has 4 nitrogen and oxygen atoms in total. The summed E-state index contributed by atoms with van der Waals surface area (Å²) in [5.74, 6) is 0. The summed E-state index contributed by atoms with van der Waals surface area (Å²) in [6.07, 6.45) is 3.97. The number of hydrogen-bond acceptors (Lipinski definition) is 4. The zero-order valence-corrected chi connectivity index (χ0v) is 10.9. The Morgan fingerprint density at radius 1 is 1.47 bits per heavy atom. The van der Waals surface area contributed by atoms with Crippen LogP contribution in [-0.2, 0) is 0 Å². The van der Waals surface area contributed by atoms with Crippen LogP contribution in [0, 0.1) is 0 Å². The van der Waals surface area contributed by atoms with Crippen molar-refractivity contribution in [2.75, 3.05) is 24.6 Å². The number of pyridine rings is 1. The van der Waals surface area contributed by atoms with Gasteiger partial charge in [0, 0.05) is 13.1 Å². The Bertz CT molecular complexity index is 353. The summed E-state index contributed by atoms with van der Waals surface area (Å²) in [6.45, 7) is 3.82. The number of anilines is 1. The number of aromatic nitrogens is 1. The summed E-state index contributed by atoms with van der Waals surface area (Å²) in [7, 11) is 0. The van der Waals surface area contributed by atoms with Gasteiger partial charge in [-0.2, -0.15) is 0 Å². The van der Waals surface area contributed by atoms with Crippen LogP contribution in [0.5, 0.6) is 0 Å². The third-order valence-corrected chi connectivity index (χ3v) is 2.73. The Hall–Kier alpha value is -1.20. The van der Waals surface area contributed by atoms with Gasteiger partial charge in [0.2, 0.25) is 0 Å². The summed E-state index contributed by atoms with van der Waals surface area (Å²) in [4.78, 5) is 6.62. The van der Waals surface area contributed by atoms with E-state index in [4.69, 9.17) is 23.1 Å². The van der Waals surface area contributed by atoms with E-state index in [-0.39, 0.29) is 6.61 Å². The smallest absolute Gasteiger partial charge is 0.122 e. The molecule has 1 aromatic heterocycles. The first-order chi connectivity index (χ1) is 8.19. The lowest BCUT2D eigenvalue weighted by Gasteiger charge is -2.23. The Kier molecular flexibility index (Phi) is 5.86. The van der Waals surface area contributed by atoms with Crippen molar-refractivity contribution in [2.45, 2.75) is 19.8 Å². The molecule has 0 aliphatic heterocycles. The monoisotopic (exact) mass is 253 g/mol. The van der Waals surface area contributed by atoms with Gasteiger partial charge in [0.1, 0.15) is 4.99 Å². The minimum absolute atomic E-state index is 0.140. The van der Waals surface area contributed by atoms with Crippen molar-refractivity contribution in [2.24, 2.45) is 5.73 Å². The molecule has 0 atom stereocenters. The van der Waals surface area contributed by atoms with Gasteiger partial charge in [-0.15, -0.1) is 0 Å². The van der Waals surface area contributed by atoms with Crippen molar-refractivity contribution in [3.63, 3.8) is 0 Å². The van der Waals surface area contributed by atoms with Crippen molar-refractivity contribution in [3.05, 3.63) is 24.0 Å². The molecule has 1 aromatic rings. The fourth-order valence-electron chi connectivity index (χ4n) is 1.56. The van der Waals surface area contributed by atoms with Gasteiger partial charge in [-0.25, -0.2) is 0 Å². The summed E-state index contributed by atoms with van der Waals surface area (Å²) in [6, 6.07) is 3.75. The Labute approximate surface area is 107 Å². The molecule has 0 fully saturated rings. The van der Waals surface area contributed by atoms with Crippen molar-refractivity contribution in [1.82, 2.24) is 4.98 Å². The first-order valence-corrected chi connectivity index (χ1v) is 6.21. The first-order valence-electron chi connectivity index (χ1n) is 5.80. The van der Waals surface area contributed by atoms with Crippen LogP contribution in [0.1, 0.15) is 25.5 Å². The number of nitrogens with two attached hydrogens (primary N) is 1. The van der Waals surface area contributed by atoms with E-state index in [1.807, 2.05) is 12.1 Å². The molecule has 0 aliphatic carbocycles. The largest absolute Gasteiger partial charge is 0.395 e. The highest BCUT2D eigenvalue weighted by Crippen LogP contribution is 2.13. The van der Waals surface area contributed by atoms with Crippen LogP contribution in [0.25, 0.3) is 0 Å². The van der Waals surface area contributed by atoms with Crippen LogP contribution in [0.3, 0.4) is 0 Å². The molecule has 1 heterocycles. The van der Waals surface area contributed by atoms with Crippen molar-refractivity contribution < 1.29 is 5.11 Å². The zero-order chi connectivity index (χ0) is 12.7. The predicted molar refractivity (Wildman–Crippen MR) is 74.3 cm³/mol.